The van der Waals surface area contributed by atoms with Crippen molar-refractivity contribution in [3.05, 3.63) is 53.9 Å². The Morgan fingerprint density at radius 1 is 1.22 bits per heavy atom. The molecule has 1 N–H and O–H groups in total. The Hall–Kier alpha value is -1.61. The molecule has 1 aromatic carbocycles. The molecule has 0 spiro atoms. The number of hydrogen-bond acceptors (Lipinski definition) is 2. The lowest BCUT2D eigenvalue weighted by molar-refractivity contribution is 0.545. The lowest BCUT2D eigenvalue weighted by atomic mass is 10.1. The van der Waals surface area contributed by atoms with E-state index in [1.165, 1.54) is 11.1 Å². The van der Waals surface area contributed by atoms with Crippen molar-refractivity contribution >= 4 is 0 Å². The van der Waals surface area contributed by atoms with Crippen LogP contribution in [0.1, 0.15) is 25.0 Å². The van der Waals surface area contributed by atoms with Gasteiger partial charge in [-0.15, -0.1) is 0 Å². The molecule has 18 heavy (non-hydrogen) atoms. The highest BCUT2D eigenvalue weighted by molar-refractivity contribution is 5.15. The van der Waals surface area contributed by atoms with E-state index in [1.54, 1.807) is 0 Å². The van der Waals surface area contributed by atoms with Crippen molar-refractivity contribution in [2.75, 3.05) is 0 Å². The second-order valence-electron chi connectivity index (χ2n) is 4.68. The molecular weight excluding hydrogens is 222 g/mol. The molecule has 3 heteroatoms. The van der Waals surface area contributed by atoms with Crippen LogP contribution < -0.4 is 5.32 Å². The molecule has 2 aromatic rings. The summed E-state index contributed by atoms with van der Waals surface area (Å²) >= 11 is 0. The van der Waals surface area contributed by atoms with E-state index in [0.29, 0.717) is 6.04 Å². The number of rotatable bonds is 6. The zero-order valence-corrected chi connectivity index (χ0v) is 11.1. The SMILES string of the molecule is CCn1cc(CNC(C)Cc2ccccc2)cn1. The van der Waals surface area contributed by atoms with Crippen LogP contribution in [0, 0.1) is 0 Å². The molecule has 0 saturated carbocycles. The van der Waals surface area contributed by atoms with E-state index in [9.17, 15) is 0 Å². The first kappa shape index (κ1) is 12.8. The zero-order valence-electron chi connectivity index (χ0n) is 11.1. The summed E-state index contributed by atoms with van der Waals surface area (Å²) in [6, 6.07) is 11.1. The van der Waals surface area contributed by atoms with Crippen LogP contribution in [0.25, 0.3) is 0 Å². The molecule has 0 fully saturated rings. The van der Waals surface area contributed by atoms with E-state index in [2.05, 4.69) is 60.8 Å². The third-order valence-electron chi connectivity index (χ3n) is 3.05. The number of aryl methyl sites for hydroxylation is 1. The van der Waals surface area contributed by atoms with Crippen LogP contribution in [0.3, 0.4) is 0 Å². The van der Waals surface area contributed by atoms with E-state index >= 15 is 0 Å². The average molecular weight is 243 g/mol. The molecule has 1 unspecified atom stereocenters. The van der Waals surface area contributed by atoms with Crippen molar-refractivity contribution < 1.29 is 0 Å². The van der Waals surface area contributed by atoms with E-state index in [-0.39, 0.29) is 0 Å². The first-order chi connectivity index (χ1) is 8.78. The highest BCUT2D eigenvalue weighted by atomic mass is 15.3. The fourth-order valence-corrected chi connectivity index (χ4v) is 2.00. The molecule has 0 aliphatic carbocycles. The standard InChI is InChI=1S/C15H21N3/c1-3-18-12-15(11-17-18)10-16-13(2)9-14-7-5-4-6-8-14/h4-8,11-13,16H,3,9-10H2,1-2H3. The van der Waals surface area contributed by atoms with E-state index in [4.69, 9.17) is 0 Å². The van der Waals surface area contributed by atoms with Crippen LogP contribution in [0.4, 0.5) is 0 Å². The molecule has 0 bridgehead atoms. The molecule has 0 amide bonds. The Balaban J connectivity index is 1.79. The van der Waals surface area contributed by atoms with Gasteiger partial charge in [-0.2, -0.15) is 5.10 Å². The molecule has 1 heterocycles. The van der Waals surface area contributed by atoms with Crippen LogP contribution in [0.5, 0.6) is 0 Å². The molecule has 0 aliphatic rings. The first-order valence-corrected chi connectivity index (χ1v) is 6.56. The number of hydrogen-bond donors (Lipinski definition) is 1. The molecular formula is C15H21N3. The van der Waals surface area contributed by atoms with Crippen LogP contribution in [0.2, 0.25) is 0 Å². The fraction of sp³-hybridized carbons (Fsp3) is 0.400. The van der Waals surface area contributed by atoms with Crippen LogP contribution in [0.15, 0.2) is 42.7 Å². The third-order valence-corrected chi connectivity index (χ3v) is 3.05. The van der Waals surface area contributed by atoms with Crippen molar-refractivity contribution in [1.29, 1.82) is 0 Å². The van der Waals surface area contributed by atoms with Crippen molar-refractivity contribution in [3.8, 4) is 0 Å². The summed E-state index contributed by atoms with van der Waals surface area (Å²) in [4.78, 5) is 0. The minimum Gasteiger partial charge on any atom is -0.310 e. The summed E-state index contributed by atoms with van der Waals surface area (Å²) < 4.78 is 1.96. The number of nitrogens with one attached hydrogen (secondary N) is 1. The molecule has 0 radical (unpaired) electrons. The van der Waals surface area contributed by atoms with Gasteiger partial charge in [-0.1, -0.05) is 30.3 Å². The quantitative estimate of drug-likeness (QED) is 0.845. The van der Waals surface area contributed by atoms with Gasteiger partial charge in [0.15, 0.2) is 0 Å². The van der Waals surface area contributed by atoms with Crippen molar-refractivity contribution in [2.45, 2.75) is 39.4 Å². The van der Waals surface area contributed by atoms with Gasteiger partial charge in [0, 0.05) is 30.9 Å². The highest BCUT2D eigenvalue weighted by Crippen LogP contribution is 2.04. The van der Waals surface area contributed by atoms with Gasteiger partial charge >= 0.3 is 0 Å². The Morgan fingerprint density at radius 2 is 2.00 bits per heavy atom. The van der Waals surface area contributed by atoms with Gasteiger partial charge in [-0.3, -0.25) is 4.68 Å². The number of benzene rings is 1. The minimum absolute atomic E-state index is 0.470. The maximum atomic E-state index is 4.27. The predicted molar refractivity (Wildman–Crippen MR) is 74.3 cm³/mol. The summed E-state index contributed by atoms with van der Waals surface area (Å²) in [6.07, 6.45) is 5.09. The van der Waals surface area contributed by atoms with Gasteiger partial charge < -0.3 is 5.32 Å². The monoisotopic (exact) mass is 243 g/mol. The third kappa shape index (κ3) is 3.70. The second kappa shape index (κ2) is 6.36. The first-order valence-electron chi connectivity index (χ1n) is 6.56. The van der Waals surface area contributed by atoms with Gasteiger partial charge in [-0.25, -0.2) is 0 Å². The van der Waals surface area contributed by atoms with Gasteiger partial charge in [0.1, 0.15) is 0 Å². The molecule has 1 atom stereocenters. The lowest BCUT2D eigenvalue weighted by Crippen LogP contribution is -2.27. The van der Waals surface area contributed by atoms with Gasteiger partial charge in [0.05, 0.1) is 6.20 Å². The number of aromatic nitrogens is 2. The average Bonchev–Trinajstić information content (AvgIpc) is 2.85. The van der Waals surface area contributed by atoms with Crippen LogP contribution in [-0.4, -0.2) is 15.8 Å². The second-order valence-corrected chi connectivity index (χ2v) is 4.68. The Bertz CT molecular complexity index is 462. The lowest BCUT2D eigenvalue weighted by Gasteiger charge is -2.13. The van der Waals surface area contributed by atoms with Crippen molar-refractivity contribution in [2.24, 2.45) is 0 Å². The minimum atomic E-state index is 0.470. The van der Waals surface area contributed by atoms with Crippen molar-refractivity contribution in [3.63, 3.8) is 0 Å². The van der Waals surface area contributed by atoms with Crippen LogP contribution in [-0.2, 0) is 19.5 Å². The highest BCUT2D eigenvalue weighted by Gasteiger charge is 2.04. The van der Waals surface area contributed by atoms with Crippen molar-refractivity contribution in [1.82, 2.24) is 15.1 Å². The summed E-state index contributed by atoms with van der Waals surface area (Å²) in [6.45, 7) is 6.13. The summed E-state index contributed by atoms with van der Waals surface area (Å²) in [5.41, 5.74) is 2.62. The maximum Gasteiger partial charge on any atom is 0.0534 e. The van der Waals surface area contributed by atoms with E-state index in [0.717, 1.165) is 19.5 Å². The topological polar surface area (TPSA) is 29.9 Å². The smallest absolute Gasteiger partial charge is 0.0534 e. The summed E-state index contributed by atoms with van der Waals surface area (Å²) in [7, 11) is 0. The maximum absolute atomic E-state index is 4.27. The molecule has 1 aromatic heterocycles. The molecule has 96 valence electrons. The molecule has 2 rings (SSSR count). The zero-order chi connectivity index (χ0) is 12.8. The van der Waals surface area contributed by atoms with Gasteiger partial charge in [0.2, 0.25) is 0 Å². The largest absolute Gasteiger partial charge is 0.310 e. The number of nitrogens with zero attached hydrogens (tertiary/aromatic N) is 2. The molecule has 0 saturated heterocycles. The molecule has 3 nitrogen and oxygen atoms in total. The van der Waals surface area contributed by atoms with Gasteiger partial charge in [0.25, 0.3) is 0 Å². The molecule has 0 aliphatic heterocycles. The predicted octanol–water partition coefficient (Wildman–Crippen LogP) is 2.62. The Labute approximate surface area is 109 Å². The van der Waals surface area contributed by atoms with Crippen LogP contribution >= 0.6 is 0 Å². The normalized spacial score (nSPS) is 12.6. The van der Waals surface area contributed by atoms with E-state index < -0.39 is 0 Å². The summed E-state index contributed by atoms with van der Waals surface area (Å²) in [5.74, 6) is 0. The van der Waals surface area contributed by atoms with E-state index in [1.807, 2.05) is 10.9 Å². The van der Waals surface area contributed by atoms with Gasteiger partial charge in [-0.05, 0) is 25.8 Å². The Morgan fingerprint density at radius 3 is 2.67 bits per heavy atom. The fourth-order valence-electron chi connectivity index (χ4n) is 2.00. The Kier molecular flexibility index (Phi) is 4.53. The summed E-state index contributed by atoms with van der Waals surface area (Å²) in [5, 5.41) is 7.80.